The largest absolute Gasteiger partial charge is 0.383 e. The lowest BCUT2D eigenvalue weighted by atomic mass is 9.83. The average Bonchev–Trinajstić information content (AvgIpc) is 3.49. The van der Waals surface area contributed by atoms with Gasteiger partial charge in [-0.3, -0.25) is 9.48 Å². The van der Waals surface area contributed by atoms with Gasteiger partial charge in [0.1, 0.15) is 46.7 Å². The molecule has 0 aliphatic carbocycles. The lowest BCUT2D eigenvalue weighted by Crippen LogP contribution is -2.47. The number of fused-ring (bicyclic) bond motifs is 1. The molecule has 0 bridgehead atoms. The van der Waals surface area contributed by atoms with E-state index >= 15 is 0 Å². The molecule has 0 radical (unpaired) electrons. The molecular weight excluding hydrogens is 431 g/mol. The van der Waals surface area contributed by atoms with Crippen molar-refractivity contribution in [2.24, 2.45) is 5.73 Å². The summed E-state index contributed by atoms with van der Waals surface area (Å²) in [6, 6.07) is 9.67. The number of amides is 1. The Balaban J connectivity index is 1.61. The summed E-state index contributed by atoms with van der Waals surface area (Å²) in [6.07, 6.45) is 0.0936. The van der Waals surface area contributed by atoms with E-state index in [4.69, 9.17) is 16.0 Å². The number of rotatable bonds is 5. The summed E-state index contributed by atoms with van der Waals surface area (Å²) >= 11 is 0. The molecule has 5 rings (SSSR count). The lowest BCUT2D eigenvalue weighted by molar-refractivity contribution is -0.125. The first-order valence-corrected chi connectivity index (χ1v) is 9.94. The second-order valence-electron chi connectivity index (χ2n) is 7.82. The zero-order chi connectivity index (χ0) is 23.3. The van der Waals surface area contributed by atoms with Crippen molar-refractivity contribution in [3.63, 3.8) is 0 Å². The highest BCUT2D eigenvalue weighted by Crippen LogP contribution is 2.42. The normalized spacial score (nSPS) is 19.3. The molecule has 2 unspecified atom stereocenters. The second kappa shape index (κ2) is 7.38. The third-order valence-corrected chi connectivity index (χ3v) is 5.78. The number of nitrogens with zero attached hydrogens (tertiary/aromatic N) is 5. The summed E-state index contributed by atoms with van der Waals surface area (Å²) in [5, 5.41) is 21.6. The standard InChI is InChI=1S/C21H19FN8O3/c1-21(19(24)31)15-16(23)25-17(26-18(15)27-20(21)32)13-8-14(12-6-7-33-29-12)30(28-13)9-10-4-2-3-5-11(10)22/h2-8,20,32H,9H2,1H3,(H2,24,31)(H3,23,25,26,27). The minimum Gasteiger partial charge on any atom is -0.383 e. The molecule has 2 atom stereocenters. The molecule has 11 nitrogen and oxygen atoms in total. The van der Waals surface area contributed by atoms with Crippen molar-refractivity contribution in [1.29, 1.82) is 0 Å². The van der Waals surface area contributed by atoms with E-state index in [0.29, 0.717) is 22.6 Å². The van der Waals surface area contributed by atoms with Gasteiger partial charge in [0.05, 0.1) is 17.8 Å². The maximum absolute atomic E-state index is 14.3. The van der Waals surface area contributed by atoms with Crippen LogP contribution in [0.4, 0.5) is 16.0 Å². The number of carbonyl (C=O) groups is 1. The smallest absolute Gasteiger partial charge is 0.232 e. The Kier molecular flexibility index (Phi) is 4.60. The molecule has 0 spiro atoms. The van der Waals surface area contributed by atoms with Gasteiger partial charge in [-0.25, -0.2) is 14.4 Å². The van der Waals surface area contributed by atoms with Crippen LogP contribution in [0.3, 0.4) is 0 Å². The van der Waals surface area contributed by atoms with Crippen molar-refractivity contribution in [1.82, 2.24) is 24.9 Å². The summed E-state index contributed by atoms with van der Waals surface area (Å²) in [7, 11) is 0. The Morgan fingerprint density at radius 3 is 2.79 bits per heavy atom. The molecule has 0 saturated heterocycles. The molecule has 4 heterocycles. The van der Waals surface area contributed by atoms with Crippen LogP contribution in [0.15, 0.2) is 47.2 Å². The summed E-state index contributed by atoms with van der Waals surface area (Å²) in [4.78, 5) is 20.7. The number of aromatic nitrogens is 5. The van der Waals surface area contributed by atoms with Gasteiger partial charge < -0.3 is 26.4 Å². The summed E-state index contributed by atoms with van der Waals surface area (Å²) in [5.74, 6) is -0.851. The Bertz CT molecular complexity index is 1370. The van der Waals surface area contributed by atoms with Gasteiger partial charge in [0.15, 0.2) is 5.82 Å². The van der Waals surface area contributed by atoms with E-state index in [0.717, 1.165) is 0 Å². The molecule has 33 heavy (non-hydrogen) atoms. The number of nitrogens with one attached hydrogen (secondary N) is 1. The Morgan fingerprint density at radius 2 is 2.09 bits per heavy atom. The van der Waals surface area contributed by atoms with E-state index in [1.807, 2.05) is 0 Å². The number of halogens is 1. The molecule has 3 aromatic heterocycles. The highest BCUT2D eigenvalue weighted by Gasteiger charge is 2.50. The lowest BCUT2D eigenvalue weighted by Gasteiger charge is -2.24. The van der Waals surface area contributed by atoms with Crippen LogP contribution in [0.5, 0.6) is 0 Å². The summed E-state index contributed by atoms with van der Waals surface area (Å²) in [5.41, 5.74) is 12.1. The molecule has 4 aromatic rings. The highest BCUT2D eigenvalue weighted by molar-refractivity contribution is 5.93. The third-order valence-electron chi connectivity index (χ3n) is 5.78. The predicted molar refractivity (Wildman–Crippen MR) is 115 cm³/mol. The monoisotopic (exact) mass is 450 g/mol. The van der Waals surface area contributed by atoms with Crippen LogP contribution < -0.4 is 16.8 Å². The maximum atomic E-state index is 14.3. The number of hydrogen-bond donors (Lipinski definition) is 4. The van der Waals surface area contributed by atoms with Crippen LogP contribution >= 0.6 is 0 Å². The first kappa shape index (κ1) is 20.6. The van der Waals surface area contributed by atoms with Crippen molar-refractivity contribution in [3.05, 3.63) is 59.6 Å². The van der Waals surface area contributed by atoms with Crippen molar-refractivity contribution in [3.8, 4) is 22.9 Å². The molecule has 1 amide bonds. The van der Waals surface area contributed by atoms with Gasteiger partial charge in [-0.05, 0) is 19.1 Å². The first-order chi connectivity index (χ1) is 15.8. The Hall–Kier alpha value is -4.32. The third kappa shape index (κ3) is 3.19. The molecular formula is C21H19FN8O3. The van der Waals surface area contributed by atoms with Crippen molar-refractivity contribution >= 4 is 17.5 Å². The molecule has 6 N–H and O–H groups in total. The topological polar surface area (TPSA) is 171 Å². The van der Waals surface area contributed by atoms with Crippen molar-refractivity contribution in [2.45, 2.75) is 25.1 Å². The quantitative estimate of drug-likeness (QED) is 0.349. The molecule has 1 aromatic carbocycles. The number of aliphatic hydroxyl groups excluding tert-OH is 1. The Morgan fingerprint density at radius 1 is 1.30 bits per heavy atom. The van der Waals surface area contributed by atoms with Gasteiger partial charge in [0, 0.05) is 11.6 Å². The van der Waals surface area contributed by atoms with E-state index in [1.54, 1.807) is 35.0 Å². The second-order valence-corrected chi connectivity index (χ2v) is 7.82. The van der Waals surface area contributed by atoms with E-state index in [2.05, 4.69) is 25.5 Å². The number of benzene rings is 1. The van der Waals surface area contributed by atoms with Gasteiger partial charge >= 0.3 is 0 Å². The first-order valence-electron chi connectivity index (χ1n) is 9.94. The van der Waals surface area contributed by atoms with E-state index in [9.17, 15) is 14.3 Å². The number of nitrogen functional groups attached to an aromatic ring is 1. The predicted octanol–water partition coefficient (Wildman–Crippen LogP) is 1.25. The van der Waals surface area contributed by atoms with Crippen LogP contribution in [-0.4, -0.2) is 42.1 Å². The highest BCUT2D eigenvalue weighted by atomic mass is 19.1. The molecule has 12 heteroatoms. The number of aliphatic hydroxyl groups is 1. The zero-order valence-electron chi connectivity index (χ0n) is 17.4. The SMILES string of the molecule is CC1(C(N)=O)c2c(N)nc(-c3cc(-c4ccon4)n(Cc4ccccc4F)n3)nc2NC1O. The van der Waals surface area contributed by atoms with E-state index in [1.165, 1.54) is 19.3 Å². The van der Waals surface area contributed by atoms with E-state index in [-0.39, 0.29) is 35.4 Å². The number of hydrogen-bond acceptors (Lipinski definition) is 9. The molecule has 0 fully saturated rings. The van der Waals surface area contributed by atoms with Gasteiger partial charge in [-0.15, -0.1) is 0 Å². The number of anilines is 2. The summed E-state index contributed by atoms with van der Waals surface area (Å²) in [6.45, 7) is 1.58. The average molecular weight is 450 g/mol. The minimum atomic E-state index is -1.49. The van der Waals surface area contributed by atoms with Gasteiger partial charge in [0.25, 0.3) is 0 Å². The maximum Gasteiger partial charge on any atom is 0.232 e. The number of carbonyl (C=O) groups excluding carboxylic acids is 1. The van der Waals surface area contributed by atoms with Crippen LogP contribution in [0.25, 0.3) is 22.9 Å². The van der Waals surface area contributed by atoms with Crippen molar-refractivity contribution in [2.75, 3.05) is 11.1 Å². The van der Waals surface area contributed by atoms with Crippen LogP contribution in [0.2, 0.25) is 0 Å². The van der Waals surface area contributed by atoms with Crippen LogP contribution in [0.1, 0.15) is 18.1 Å². The fraction of sp³-hybridized carbons (Fsp3) is 0.190. The van der Waals surface area contributed by atoms with Gasteiger partial charge in [-0.1, -0.05) is 23.4 Å². The molecule has 168 valence electrons. The van der Waals surface area contributed by atoms with Crippen molar-refractivity contribution < 1.29 is 18.8 Å². The zero-order valence-corrected chi connectivity index (χ0v) is 17.4. The van der Waals surface area contributed by atoms with Crippen LogP contribution in [0, 0.1) is 5.82 Å². The van der Waals surface area contributed by atoms with Gasteiger partial charge in [0.2, 0.25) is 5.91 Å². The molecule has 1 aliphatic rings. The van der Waals surface area contributed by atoms with Gasteiger partial charge in [-0.2, -0.15) is 5.10 Å². The summed E-state index contributed by atoms with van der Waals surface area (Å²) < 4.78 is 20.8. The van der Waals surface area contributed by atoms with E-state index < -0.39 is 17.6 Å². The fourth-order valence-corrected chi connectivity index (χ4v) is 3.86. The molecule has 0 saturated carbocycles. The Labute approximate surface area is 186 Å². The number of primary amides is 1. The minimum absolute atomic E-state index is 0.0213. The number of nitrogens with two attached hydrogens (primary N) is 2. The fourth-order valence-electron chi connectivity index (χ4n) is 3.86. The molecule has 1 aliphatic heterocycles. The van der Waals surface area contributed by atoms with Crippen LogP contribution in [-0.2, 0) is 16.8 Å².